The van der Waals surface area contributed by atoms with Gasteiger partial charge in [0.15, 0.2) is 0 Å². The molecule has 0 bridgehead atoms. The number of hydrogen-bond acceptors (Lipinski definition) is 4. The van der Waals surface area contributed by atoms with Gasteiger partial charge in [0.05, 0.1) is 0 Å². The molecule has 0 aromatic heterocycles. The quantitative estimate of drug-likeness (QED) is 0.775. The second kappa shape index (κ2) is 6.08. The minimum absolute atomic E-state index is 0.128. The number of hydrogen-bond donors (Lipinski definition) is 3. The summed E-state index contributed by atoms with van der Waals surface area (Å²) in [4.78, 5) is 10.9. The Hall–Kier alpha value is -2.53. The maximum Gasteiger partial charge on any atom is 0.325 e. The number of carboxylic acid groups (broad SMARTS) is 1. The highest BCUT2D eigenvalue weighted by Gasteiger charge is 2.18. The van der Waals surface area contributed by atoms with Crippen molar-refractivity contribution < 1.29 is 19.7 Å². The molecular weight excluding hydrogens is 258 g/mol. The minimum atomic E-state index is -1.28. The van der Waals surface area contributed by atoms with Crippen LogP contribution in [0.4, 0.5) is 0 Å². The molecule has 0 unspecified atom stereocenters. The van der Waals surface area contributed by atoms with E-state index in [0.29, 0.717) is 12.4 Å². The molecule has 0 saturated carbocycles. The first-order valence-corrected chi connectivity index (χ1v) is 6.06. The van der Waals surface area contributed by atoms with Crippen LogP contribution in [0, 0.1) is 0 Å². The lowest BCUT2D eigenvalue weighted by Gasteiger charge is -2.12. The Morgan fingerprint density at radius 3 is 2.55 bits per heavy atom. The Labute approximate surface area is 116 Å². The summed E-state index contributed by atoms with van der Waals surface area (Å²) in [5, 5.41) is 18.5. The number of phenols is 1. The predicted octanol–water partition coefficient (Wildman–Crippen LogP) is 2.06. The number of phenolic OH excluding ortho intramolecular Hbond substituents is 1. The molecule has 0 amide bonds. The van der Waals surface area contributed by atoms with Crippen molar-refractivity contribution in [2.24, 2.45) is 5.73 Å². The van der Waals surface area contributed by atoms with E-state index in [-0.39, 0.29) is 11.3 Å². The Morgan fingerprint density at radius 1 is 1.20 bits per heavy atom. The van der Waals surface area contributed by atoms with E-state index >= 15 is 0 Å². The molecule has 0 aliphatic carbocycles. The molecule has 5 nitrogen and oxygen atoms in total. The maximum absolute atomic E-state index is 10.9. The third-order valence-electron chi connectivity index (χ3n) is 2.85. The highest BCUT2D eigenvalue weighted by Crippen LogP contribution is 2.28. The number of ether oxygens (including phenoxy) is 1. The zero-order chi connectivity index (χ0) is 14.5. The summed E-state index contributed by atoms with van der Waals surface area (Å²) in [6, 6.07) is 12.7. The average molecular weight is 273 g/mol. The van der Waals surface area contributed by atoms with Crippen LogP contribution in [0.2, 0.25) is 0 Å². The molecule has 0 fully saturated rings. The summed E-state index contributed by atoms with van der Waals surface area (Å²) in [5.74, 6) is -0.911. The molecule has 4 N–H and O–H groups in total. The summed E-state index contributed by atoms with van der Waals surface area (Å²) in [7, 11) is 0. The molecule has 20 heavy (non-hydrogen) atoms. The topological polar surface area (TPSA) is 92.8 Å². The molecule has 2 aromatic carbocycles. The van der Waals surface area contributed by atoms with Crippen LogP contribution in [0.3, 0.4) is 0 Å². The fourth-order valence-corrected chi connectivity index (χ4v) is 1.75. The lowest BCUT2D eigenvalue weighted by molar-refractivity contribution is -0.138. The van der Waals surface area contributed by atoms with Crippen molar-refractivity contribution in [3.8, 4) is 11.5 Å². The largest absolute Gasteiger partial charge is 0.508 e. The zero-order valence-corrected chi connectivity index (χ0v) is 10.7. The van der Waals surface area contributed by atoms with Gasteiger partial charge in [-0.25, -0.2) is 0 Å². The predicted molar refractivity (Wildman–Crippen MR) is 73.4 cm³/mol. The van der Waals surface area contributed by atoms with E-state index in [1.54, 1.807) is 6.07 Å². The number of nitrogens with two attached hydrogens (primary N) is 1. The van der Waals surface area contributed by atoms with E-state index in [9.17, 15) is 9.90 Å². The number of aromatic hydroxyl groups is 1. The van der Waals surface area contributed by atoms with Crippen LogP contribution in [-0.2, 0) is 11.4 Å². The maximum atomic E-state index is 10.9. The van der Waals surface area contributed by atoms with Gasteiger partial charge in [-0.2, -0.15) is 0 Å². The average Bonchev–Trinajstić information content (AvgIpc) is 2.46. The van der Waals surface area contributed by atoms with E-state index in [1.165, 1.54) is 12.1 Å². The van der Waals surface area contributed by atoms with Crippen molar-refractivity contribution >= 4 is 5.97 Å². The molecule has 2 aromatic rings. The molecule has 0 aliphatic heterocycles. The second-order valence-corrected chi connectivity index (χ2v) is 4.31. The van der Waals surface area contributed by atoms with Gasteiger partial charge in [-0.05, 0) is 23.8 Å². The number of aliphatic carboxylic acids is 1. The van der Waals surface area contributed by atoms with Gasteiger partial charge in [-0.15, -0.1) is 0 Å². The van der Waals surface area contributed by atoms with Crippen LogP contribution in [0.5, 0.6) is 11.5 Å². The SMILES string of the molecule is N[C@H](C(=O)O)c1cc(OCc2ccccc2)ccc1O. The number of carbonyl (C=O) groups is 1. The third kappa shape index (κ3) is 3.27. The molecule has 0 aliphatic rings. The monoisotopic (exact) mass is 273 g/mol. The van der Waals surface area contributed by atoms with E-state index in [2.05, 4.69) is 0 Å². The van der Waals surface area contributed by atoms with Crippen molar-refractivity contribution in [3.63, 3.8) is 0 Å². The third-order valence-corrected chi connectivity index (χ3v) is 2.85. The van der Waals surface area contributed by atoms with Gasteiger partial charge in [0.1, 0.15) is 24.1 Å². The molecule has 0 radical (unpaired) electrons. The first-order valence-electron chi connectivity index (χ1n) is 6.06. The van der Waals surface area contributed by atoms with Crippen molar-refractivity contribution in [1.82, 2.24) is 0 Å². The van der Waals surface area contributed by atoms with E-state index in [1.807, 2.05) is 30.3 Å². The van der Waals surface area contributed by atoms with Gasteiger partial charge in [0.25, 0.3) is 0 Å². The standard InChI is InChI=1S/C15H15NO4/c16-14(15(18)19)12-8-11(6-7-13(12)17)20-9-10-4-2-1-3-5-10/h1-8,14,17H,9,16H2,(H,18,19)/t14-/m0/s1. The van der Waals surface area contributed by atoms with Crippen molar-refractivity contribution in [2.75, 3.05) is 0 Å². The fraction of sp³-hybridized carbons (Fsp3) is 0.133. The van der Waals surface area contributed by atoms with Crippen LogP contribution in [0.15, 0.2) is 48.5 Å². The first kappa shape index (κ1) is 13.9. The highest BCUT2D eigenvalue weighted by molar-refractivity contribution is 5.76. The molecule has 2 rings (SSSR count). The molecule has 0 saturated heterocycles. The second-order valence-electron chi connectivity index (χ2n) is 4.31. The highest BCUT2D eigenvalue weighted by atomic mass is 16.5. The molecule has 1 atom stereocenters. The van der Waals surface area contributed by atoms with Gasteiger partial charge in [-0.3, -0.25) is 4.79 Å². The van der Waals surface area contributed by atoms with Gasteiger partial charge in [0.2, 0.25) is 0 Å². The molecule has 0 heterocycles. The Balaban J connectivity index is 2.13. The van der Waals surface area contributed by atoms with Crippen LogP contribution < -0.4 is 10.5 Å². The van der Waals surface area contributed by atoms with E-state index in [4.69, 9.17) is 15.6 Å². The van der Waals surface area contributed by atoms with Gasteiger partial charge in [0, 0.05) is 5.56 Å². The van der Waals surface area contributed by atoms with Gasteiger partial charge in [-0.1, -0.05) is 30.3 Å². The Bertz CT molecular complexity index is 598. The molecule has 104 valence electrons. The number of rotatable bonds is 5. The van der Waals surface area contributed by atoms with Crippen LogP contribution in [0.25, 0.3) is 0 Å². The van der Waals surface area contributed by atoms with Crippen LogP contribution >= 0.6 is 0 Å². The van der Waals surface area contributed by atoms with Crippen LogP contribution in [-0.4, -0.2) is 16.2 Å². The normalized spacial score (nSPS) is 11.8. The lowest BCUT2D eigenvalue weighted by Crippen LogP contribution is -2.20. The number of benzene rings is 2. The molecule has 0 spiro atoms. The summed E-state index contributed by atoms with van der Waals surface area (Å²) < 4.78 is 5.56. The van der Waals surface area contributed by atoms with Crippen molar-refractivity contribution in [3.05, 3.63) is 59.7 Å². The van der Waals surface area contributed by atoms with Gasteiger partial charge < -0.3 is 20.7 Å². The van der Waals surface area contributed by atoms with Crippen molar-refractivity contribution in [1.29, 1.82) is 0 Å². The van der Waals surface area contributed by atoms with E-state index in [0.717, 1.165) is 5.56 Å². The van der Waals surface area contributed by atoms with E-state index < -0.39 is 12.0 Å². The zero-order valence-electron chi connectivity index (χ0n) is 10.7. The summed E-state index contributed by atoms with van der Waals surface area (Å²) in [6.45, 7) is 0.355. The summed E-state index contributed by atoms with van der Waals surface area (Å²) >= 11 is 0. The Kier molecular flexibility index (Phi) is 4.22. The Morgan fingerprint density at radius 2 is 1.90 bits per heavy atom. The smallest absolute Gasteiger partial charge is 0.325 e. The summed E-state index contributed by atoms with van der Waals surface area (Å²) in [5.41, 5.74) is 6.62. The molecule has 5 heteroatoms. The fourth-order valence-electron chi connectivity index (χ4n) is 1.75. The van der Waals surface area contributed by atoms with Crippen LogP contribution in [0.1, 0.15) is 17.2 Å². The summed E-state index contributed by atoms with van der Waals surface area (Å²) in [6.07, 6.45) is 0. The minimum Gasteiger partial charge on any atom is -0.508 e. The van der Waals surface area contributed by atoms with Gasteiger partial charge >= 0.3 is 5.97 Å². The lowest BCUT2D eigenvalue weighted by atomic mass is 10.1. The first-order chi connectivity index (χ1) is 9.58. The molecular formula is C15H15NO4. The number of carboxylic acids is 1. The van der Waals surface area contributed by atoms with Crippen molar-refractivity contribution in [2.45, 2.75) is 12.6 Å².